The number of pyridine rings is 1. The van der Waals surface area contributed by atoms with E-state index in [9.17, 15) is 19.1 Å². The Kier molecular flexibility index (Phi) is 3.27. The molecular weight excluding hydrogens is 293 g/mol. The molecule has 1 aliphatic heterocycles. The SMILES string of the molecule is CCOC(=O)c1cn2c3c(c(O)c(F)cc3c1=O)OC[C@H]2C. The Morgan fingerprint density at radius 1 is 1.59 bits per heavy atom. The number of hydrogen-bond donors (Lipinski definition) is 1. The van der Waals surface area contributed by atoms with E-state index in [2.05, 4.69) is 0 Å². The second-order valence-corrected chi connectivity index (χ2v) is 5.09. The Hall–Kier alpha value is -2.57. The Morgan fingerprint density at radius 2 is 2.32 bits per heavy atom. The Bertz CT molecular complexity index is 842. The van der Waals surface area contributed by atoms with Crippen molar-refractivity contribution in [3.8, 4) is 11.5 Å². The number of hydrogen-bond acceptors (Lipinski definition) is 5. The highest BCUT2D eigenvalue weighted by Gasteiger charge is 2.28. The lowest BCUT2D eigenvalue weighted by Crippen LogP contribution is -2.27. The molecule has 22 heavy (non-hydrogen) atoms. The number of phenolic OH excluding ortho intramolecular Hbond substituents is 1. The number of rotatable bonds is 2. The molecule has 0 saturated heterocycles. The summed E-state index contributed by atoms with van der Waals surface area (Å²) >= 11 is 0. The smallest absolute Gasteiger partial charge is 0.343 e. The summed E-state index contributed by atoms with van der Waals surface area (Å²) in [6.45, 7) is 3.77. The molecule has 6 nitrogen and oxygen atoms in total. The molecule has 1 aromatic carbocycles. The van der Waals surface area contributed by atoms with Crippen molar-refractivity contribution in [2.75, 3.05) is 13.2 Å². The normalized spacial score (nSPS) is 16.4. The molecule has 0 aliphatic carbocycles. The van der Waals surface area contributed by atoms with Crippen molar-refractivity contribution in [2.45, 2.75) is 19.9 Å². The molecule has 2 aromatic rings. The van der Waals surface area contributed by atoms with Crippen LogP contribution in [0.4, 0.5) is 4.39 Å². The number of benzene rings is 1. The van der Waals surface area contributed by atoms with Crippen molar-refractivity contribution >= 4 is 16.9 Å². The van der Waals surface area contributed by atoms with Crippen molar-refractivity contribution in [3.63, 3.8) is 0 Å². The van der Waals surface area contributed by atoms with Gasteiger partial charge in [-0.05, 0) is 19.9 Å². The first-order valence-electron chi connectivity index (χ1n) is 6.86. The van der Waals surface area contributed by atoms with Gasteiger partial charge < -0.3 is 19.1 Å². The van der Waals surface area contributed by atoms with Gasteiger partial charge in [-0.2, -0.15) is 0 Å². The maximum absolute atomic E-state index is 13.8. The topological polar surface area (TPSA) is 77.8 Å². The van der Waals surface area contributed by atoms with Crippen LogP contribution < -0.4 is 10.2 Å². The van der Waals surface area contributed by atoms with Gasteiger partial charge in [-0.25, -0.2) is 9.18 Å². The number of nitrogens with zero attached hydrogens (tertiary/aromatic N) is 1. The minimum atomic E-state index is -0.971. The van der Waals surface area contributed by atoms with Crippen LogP contribution in [0.15, 0.2) is 17.1 Å². The fourth-order valence-electron chi connectivity index (χ4n) is 2.57. The lowest BCUT2D eigenvalue weighted by molar-refractivity contribution is 0.0523. The predicted molar refractivity (Wildman–Crippen MR) is 76.0 cm³/mol. The molecular formula is C15H14FNO5. The summed E-state index contributed by atoms with van der Waals surface area (Å²) < 4.78 is 25.7. The second-order valence-electron chi connectivity index (χ2n) is 5.09. The van der Waals surface area contributed by atoms with Crippen LogP contribution in [0.3, 0.4) is 0 Å². The van der Waals surface area contributed by atoms with Gasteiger partial charge in [0.1, 0.15) is 12.2 Å². The molecule has 0 amide bonds. The van der Waals surface area contributed by atoms with Gasteiger partial charge in [0.05, 0.1) is 23.6 Å². The van der Waals surface area contributed by atoms with Gasteiger partial charge in [-0.3, -0.25) is 4.79 Å². The van der Waals surface area contributed by atoms with Crippen molar-refractivity contribution in [3.05, 3.63) is 33.9 Å². The van der Waals surface area contributed by atoms with Gasteiger partial charge in [0.15, 0.2) is 17.3 Å². The van der Waals surface area contributed by atoms with Gasteiger partial charge in [0, 0.05) is 6.20 Å². The first kappa shape index (κ1) is 14.4. The minimum Gasteiger partial charge on any atom is -0.502 e. The number of halogens is 1. The summed E-state index contributed by atoms with van der Waals surface area (Å²) in [7, 11) is 0. The van der Waals surface area contributed by atoms with E-state index < -0.39 is 23.0 Å². The van der Waals surface area contributed by atoms with Gasteiger partial charge in [0.2, 0.25) is 5.43 Å². The maximum atomic E-state index is 13.8. The van der Waals surface area contributed by atoms with E-state index in [0.29, 0.717) is 0 Å². The van der Waals surface area contributed by atoms with Crippen molar-refractivity contribution in [2.24, 2.45) is 0 Å². The average Bonchev–Trinajstić information content (AvgIpc) is 2.48. The quantitative estimate of drug-likeness (QED) is 0.858. The molecule has 116 valence electrons. The standard InChI is InChI=1S/C15H14FNO5/c1-3-21-15(20)9-5-17-7(2)6-22-14-11(17)8(12(9)18)4-10(16)13(14)19/h4-5,7,19H,3,6H2,1-2H3/t7-/m1/s1. The maximum Gasteiger partial charge on any atom is 0.343 e. The van der Waals surface area contributed by atoms with Crippen LogP contribution in [0.1, 0.15) is 30.2 Å². The summed E-state index contributed by atoms with van der Waals surface area (Å²) in [5.41, 5.74) is -0.544. The van der Waals surface area contributed by atoms with Crippen LogP contribution in [-0.4, -0.2) is 28.9 Å². The summed E-state index contributed by atoms with van der Waals surface area (Å²) in [6, 6.07) is 0.727. The molecule has 0 saturated carbocycles. The molecule has 1 aliphatic rings. The largest absolute Gasteiger partial charge is 0.502 e. The second kappa shape index (κ2) is 5.01. The van der Waals surface area contributed by atoms with E-state index >= 15 is 0 Å². The van der Waals surface area contributed by atoms with Crippen LogP contribution in [0.25, 0.3) is 10.9 Å². The monoisotopic (exact) mass is 307 g/mol. The average molecular weight is 307 g/mol. The zero-order valence-electron chi connectivity index (χ0n) is 12.1. The zero-order valence-corrected chi connectivity index (χ0v) is 12.1. The molecule has 0 unspecified atom stereocenters. The molecule has 0 spiro atoms. The molecule has 1 aromatic heterocycles. The van der Waals surface area contributed by atoms with Crippen molar-refractivity contribution in [1.29, 1.82) is 0 Å². The molecule has 1 N–H and O–H groups in total. The van der Waals surface area contributed by atoms with Gasteiger partial charge >= 0.3 is 5.97 Å². The molecule has 0 radical (unpaired) electrons. The first-order chi connectivity index (χ1) is 10.5. The number of aromatic hydroxyl groups is 1. The number of esters is 1. The van der Waals surface area contributed by atoms with E-state index in [-0.39, 0.29) is 41.5 Å². The molecule has 0 fully saturated rings. The Morgan fingerprint density at radius 3 is 3.00 bits per heavy atom. The van der Waals surface area contributed by atoms with E-state index in [4.69, 9.17) is 9.47 Å². The molecule has 7 heteroatoms. The summed E-state index contributed by atoms with van der Waals surface area (Å²) in [5, 5.41) is 9.76. The Labute approximate surface area is 124 Å². The fraction of sp³-hybridized carbons (Fsp3) is 0.333. The first-order valence-corrected chi connectivity index (χ1v) is 6.86. The van der Waals surface area contributed by atoms with Crippen LogP contribution in [0.5, 0.6) is 11.5 Å². The third-order valence-corrected chi connectivity index (χ3v) is 3.64. The number of carbonyl (C=O) groups is 1. The highest BCUT2D eigenvalue weighted by Crippen LogP contribution is 2.40. The predicted octanol–water partition coefficient (Wildman–Crippen LogP) is 1.98. The van der Waals surface area contributed by atoms with Crippen LogP contribution in [0.2, 0.25) is 0 Å². The highest BCUT2D eigenvalue weighted by molar-refractivity contribution is 5.96. The molecule has 2 heterocycles. The van der Waals surface area contributed by atoms with Gasteiger partial charge in [-0.15, -0.1) is 0 Å². The van der Waals surface area contributed by atoms with Crippen LogP contribution in [0, 0.1) is 5.82 Å². The molecule has 0 bridgehead atoms. The van der Waals surface area contributed by atoms with E-state index in [1.54, 1.807) is 11.5 Å². The van der Waals surface area contributed by atoms with Crippen molar-refractivity contribution < 1.29 is 23.8 Å². The third-order valence-electron chi connectivity index (χ3n) is 3.64. The fourth-order valence-corrected chi connectivity index (χ4v) is 2.57. The summed E-state index contributed by atoms with van der Waals surface area (Å²) in [4.78, 5) is 24.4. The molecule has 3 rings (SSSR count). The Balaban J connectivity index is 2.42. The number of aromatic nitrogens is 1. The van der Waals surface area contributed by atoms with E-state index in [0.717, 1.165) is 6.07 Å². The lowest BCUT2D eigenvalue weighted by atomic mass is 10.1. The summed E-state index contributed by atoms with van der Waals surface area (Å²) in [6.07, 6.45) is 1.37. The van der Waals surface area contributed by atoms with Crippen LogP contribution in [-0.2, 0) is 4.74 Å². The van der Waals surface area contributed by atoms with E-state index in [1.165, 1.54) is 6.20 Å². The highest BCUT2D eigenvalue weighted by atomic mass is 19.1. The number of carbonyl (C=O) groups excluding carboxylic acids is 1. The zero-order chi connectivity index (χ0) is 16.0. The van der Waals surface area contributed by atoms with E-state index in [1.807, 2.05) is 6.92 Å². The van der Waals surface area contributed by atoms with Gasteiger partial charge in [0.25, 0.3) is 0 Å². The van der Waals surface area contributed by atoms with Gasteiger partial charge in [-0.1, -0.05) is 0 Å². The minimum absolute atomic E-state index is 0.0256. The van der Waals surface area contributed by atoms with Crippen molar-refractivity contribution in [1.82, 2.24) is 4.57 Å². The number of phenols is 1. The summed E-state index contributed by atoms with van der Waals surface area (Å²) in [5.74, 6) is -2.45. The molecule has 1 atom stereocenters. The lowest BCUT2D eigenvalue weighted by Gasteiger charge is -2.27. The third kappa shape index (κ3) is 1.93. The number of ether oxygens (including phenoxy) is 2. The van der Waals surface area contributed by atoms with Crippen LogP contribution >= 0.6 is 0 Å².